The van der Waals surface area contributed by atoms with Gasteiger partial charge in [0.15, 0.2) is 0 Å². The van der Waals surface area contributed by atoms with Crippen molar-refractivity contribution in [2.24, 2.45) is 0 Å². The summed E-state index contributed by atoms with van der Waals surface area (Å²) in [5.74, 6) is 0. The summed E-state index contributed by atoms with van der Waals surface area (Å²) in [5, 5.41) is 0.825. The molecule has 1 unspecified atom stereocenters. The van der Waals surface area contributed by atoms with E-state index in [0.29, 0.717) is 6.04 Å². The molecule has 0 spiro atoms. The molecule has 1 aromatic carbocycles. The zero-order valence-electron chi connectivity index (χ0n) is 15.9. The second kappa shape index (κ2) is 9.05. The zero-order valence-corrected chi connectivity index (χ0v) is 16.7. The summed E-state index contributed by atoms with van der Waals surface area (Å²) in [5.41, 5.74) is 2.46. The van der Waals surface area contributed by atoms with Gasteiger partial charge in [-0.05, 0) is 49.7 Å². The average molecular weight is 385 g/mol. The highest BCUT2D eigenvalue weighted by Crippen LogP contribution is 2.23. The second-order valence-electron chi connectivity index (χ2n) is 7.67. The smallest absolute Gasteiger partial charge is 0.0426 e. The number of anilines is 1. The van der Waals surface area contributed by atoms with Gasteiger partial charge in [-0.15, -0.1) is 0 Å². The molecular weight excluding hydrogens is 356 g/mol. The lowest BCUT2D eigenvalue weighted by Crippen LogP contribution is -2.55. The lowest BCUT2D eigenvalue weighted by molar-refractivity contribution is 0.0931. The highest BCUT2D eigenvalue weighted by molar-refractivity contribution is 6.30. The van der Waals surface area contributed by atoms with Gasteiger partial charge in [-0.1, -0.05) is 23.7 Å². The van der Waals surface area contributed by atoms with Crippen molar-refractivity contribution in [3.05, 3.63) is 59.4 Å². The maximum Gasteiger partial charge on any atom is 0.0426 e. The summed E-state index contributed by atoms with van der Waals surface area (Å²) in [6.45, 7) is 8.01. The van der Waals surface area contributed by atoms with Crippen molar-refractivity contribution < 1.29 is 0 Å². The van der Waals surface area contributed by atoms with Crippen molar-refractivity contribution in [3.8, 4) is 0 Å². The quantitative estimate of drug-likeness (QED) is 0.786. The third-order valence-electron chi connectivity index (χ3n) is 5.89. The minimum Gasteiger partial charge on any atom is -0.369 e. The Morgan fingerprint density at radius 3 is 2.67 bits per heavy atom. The molecule has 0 bridgehead atoms. The number of hydrogen-bond acceptors (Lipinski definition) is 4. The molecule has 0 N–H and O–H groups in total. The van der Waals surface area contributed by atoms with Crippen molar-refractivity contribution >= 4 is 17.3 Å². The highest BCUT2D eigenvalue weighted by Gasteiger charge is 2.28. The lowest BCUT2D eigenvalue weighted by Gasteiger charge is -2.44. The molecule has 2 aliphatic rings. The van der Waals surface area contributed by atoms with Crippen LogP contribution < -0.4 is 4.90 Å². The van der Waals surface area contributed by atoms with Crippen LogP contribution in [0.25, 0.3) is 0 Å². The fourth-order valence-electron chi connectivity index (χ4n) is 4.37. The van der Waals surface area contributed by atoms with E-state index in [1.54, 1.807) is 0 Å². The average Bonchev–Trinajstić information content (AvgIpc) is 2.73. The Labute approximate surface area is 167 Å². The van der Waals surface area contributed by atoms with Crippen LogP contribution in [0.2, 0.25) is 5.02 Å². The van der Waals surface area contributed by atoms with E-state index < -0.39 is 0 Å². The van der Waals surface area contributed by atoms with Crippen LogP contribution in [0, 0.1) is 0 Å². The van der Waals surface area contributed by atoms with Crippen LogP contribution >= 0.6 is 11.6 Å². The summed E-state index contributed by atoms with van der Waals surface area (Å²) >= 11 is 6.16. The molecule has 0 radical (unpaired) electrons. The predicted octanol–water partition coefficient (Wildman–Crippen LogP) is 3.56. The minimum atomic E-state index is 0.698. The molecular formula is C22H29ClN4. The van der Waals surface area contributed by atoms with Gasteiger partial charge in [-0.25, -0.2) is 0 Å². The van der Waals surface area contributed by atoms with E-state index in [1.165, 1.54) is 37.3 Å². The number of likely N-dealkylation sites (tertiary alicyclic amines) is 1. The molecule has 1 aromatic heterocycles. The number of hydrogen-bond donors (Lipinski definition) is 0. The molecule has 0 saturated carbocycles. The molecule has 3 heterocycles. The largest absolute Gasteiger partial charge is 0.369 e. The first-order valence-electron chi connectivity index (χ1n) is 10.1. The van der Waals surface area contributed by atoms with Crippen LogP contribution in [0.4, 0.5) is 5.69 Å². The Bertz CT molecular complexity index is 715. The standard InChI is InChI=1S/C22H29ClN4/c23-19-5-3-7-21(17-19)26-13-15-27(16-14-26)22-8-4-11-25(18-22)12-9-20-6-1-2-10-24-20/h1-3,5-7,10,17,22H,4,8-9,11-16,18H2. The van der Waals surface area contributed by atoms with Gasteiger partial charge in [-0.2, -0.15) is 0 Å². The van der Waals surface area contributed by atoms with E-state index in [4.69, 9.17) is 11.6 Å². The third kappa shape index (κ3) is 5.01. The Hall–Kier alpha value is -1.62. The maximum absolute atomic E-state index is 6.16. The number of aromatic nitrogens is 1. The van der Waals surface area contributed by atoms with E-state index in [0.717, 1.165) is 44.2 Å². The van der Waals surface area contributed by atoms with Gasteiger partial charge in [0.25, 0.3) is 0 Å². The monoisotopic (exact) mass is 384 g/mol. The van der Waals surface area contributed by atoms with E-state index >= 15 is 0 Å². The molecule has 5 heteroatoms. The van der Waals surface area contributed by atoms with Gasteiger partial charge in [0.05, 0.1) is 0 Å². The first-order valence-corrected chi connectivity index (χ1v) is 10.5. The minimum absolute atomic E-state index is 0.698. The van der Waals surface area contributed by atoms with Gasteiger partial charge in [0, 0.05) is 74.3 Å². The van der Waals surface area contributed by atoms with Crippen molar-refractivity contribution in [2.45, 2.75) is 25.3 Å². The van der Waals surface area contributed by atoms with Gasteiger partial charge >= 0.3 is 0 Å². The summed E-state index contributed by atoms with van der Waals surface area (Å²) in [7, 11) is 0. The fraction of sp³-hybridized carbons (Fsp3) is 0.500. The summed E-state index contributed by atoms with van der Waals surface area (Å²) in [4.78, 5) is 12.3. The third-order valence-corrected chi connectivity index (χ3v) is 6.13. The van der Waals surface area contributed by atoms with Crippen LogP contribution in [0.5, 0.6) is 0 Å². The highest BCUT2D eigenvalue weighted by atomic mass is 35.5. The molecule has 4 rings (SSSR count). The number of benzene rings is 1. The van der Waals surface area contributed by atoms with E-state index in [9.17, 15) is 0 Å². The van der Waals surface area contributed by atoms with Gasteiger partial charge in [-0.3, -0.25) is 9.88 Å². The topological polar surface area (TPSA) is 22.6 Å². The number of rotatable bonds is 5. The van der Waals surface area contributed by atoms with Crippen LogP contribution in [-0.2, 0) is 6.42 Å². The second-order valence-corrected chi connectivity index (χ2v) is 8.11. The van der Waals surface area contributed by atoms with Crippen molar-refractivity contribution in [1.82, 2.24) is 14.8 Å². The van der Waals surface area contributed by atoms with E-state index in [-0.39, 0.29) is 0 Å². The van der Waals surface area contributed by atoms with E-state index in [1.807, 2.05) is 24.4 Å². The number of piperidine rings is 1. The van der Waals surface area contributed by atoms with E-state index in [2.05, 4.69) is 43.9 Å². The first-order chi connectivity index (χ1) is 13.3. The summed E-state index contributed by atoms with van der Waals surface area (Å²) < 4.78 is 0. The Balaban J connectivity index is 1.27. The molecule has 4 nitrogen and oxygen atoms in total. The Morgan fingerprint density at radius 2 is 1.89 bits per heavy atom. The summed E-state index contributed by atoms with van der Waals surface area (Å²) in [6.07, 6.45) is 5.59. The van der Waals surface area contributed by atoms with Gasteiger partial charge in [0.1, 0.15) is 0 Å². The number of pyridine rings is 1. The fourth-order valence-corrected chi connectivity index (χ4v) is 4.55. The summed E-state index contributed by atoms with van der Waals surface area (Å²) in [6, 6.07) is 15.1. The molecule has 2 aromatic rings. The Morgan fingerprint density at radius 1 is 1.00 bits per heavy atom. The van der Waals surface area contributed by atoms with Crippen LogP contribution in [0.15, 0.2) is 48.7 Å². The SMILES string of the molecule is Clc1cccc(N2CCN(C3CCCN(CCc4ccccn4)C3)CC2)c1. The number of piperazine rings is 1. The molecule has 2 aliphatic heterocycles. The molecule has 0 aliphatic carbocycles. The molecule has 27 heavy (non-hydrogen) atoms. The number of halogens is 1. The Kier molecular flexibility index (Phi) is 6.28. The molecule has 2 fully saturated rings. The van der Waals surface area contributed by atoms with Gasteiger partial charge < -0.3 is 9.80 Å². The molecule has 0 amide bonds. The lowest BCUT2D eigenvalue weighted by atomic mass is 10.0. The van der Waals surface area contributed by atoms with Crippen LogP contribution in [0.3, 0.4) is 0 Å². The normalized spacial score (nSPS) is 22.1. The molecule has 1 atom stereocenters. The van der Waals surface area contributed by atoms with Crippen molar-refractivity contribution in [1.29, 1.82) is 0 Å². The van der Waals surface area contributed by atoms with Gasteiger partial charge in [0.2, 0.25) is 0 Å². The number of nitrogens with zero attached hydrogens (tertiary/aromatic N) is 4. The molecule has 144 valence electrons. The van der Waals surface area contributed by atoms with Crippen molar-refractivity contribution in [2.75, 3.05) is 50.7 Å². The zero-order chi connectivity index (χ0) is 18.5. The van der Waals surface area contributed by atoms with Crippen molar-refractivity contribution in [3.63, 3.8) is 0 Å². The van der Waals surface area contributed by atoms with Crippen LogP contribution in [0.1, 0.15) is 18.5 Å². The molecule has 2 saturated heterocycles. The first kappa shape index (κ1) is 18.7. The van der Waals surface area contributed by atoms with Crippen LogP contribution in [-0.4, -0.2) is 66.6 Å². The predicted molar refractivity (Wildman–Crippen MR) is 113 cm³/mol. The maximum atomic E-state index is 6.16.